The van der Waals surface area contributed by atoms with Crippen LogP contribution in [-0.2, 0) is 0 Å². The Morgan fingerprint density at radius 3 is 2.62 bits per heavy atom. The highest BCUT2D eigenvalue weighted by Crippen LogP contribution is 2.26. The van der Waals surface area contributed by atoms with Crippen molar-refractivity contribution in [3.63, 3.8) is 0 Å². The molecule has 0 aromatic heterocycles. The number of benzene rings is 1. The van der Waals surface area contributed by atoms with Crippen LogP contribution in [0.15, 0.2) is 18.2 Å². The van der Waals surface area contributed by atoms with E-state index in [0.29, 0.717) is 16.6 Å². The Hall–Kier alpha value is -0.680. The summed E-state index contributed by atoms with van der Waals surface area (Å²) < 4.78 is 0. The van der Waals surface area contributed by atoms with E-state index in [9.17, 15) is 0 Å². The molecule has 0 radical (unpaired) electrons. The molecule has 0 aliphatic heterocycles. The van der Waals surface area contributed by atoms with E-state index in [1.54, 1.807) is 0 Å². The van der Waals surface area contributed by atoms with Gasteiger partial charge in [-0.05, 0) is 31.0 Å². The Kier molecular flexibility index (Phi) is 5.69. The summed E-state index contributed by atoms with van der Waals surface area (Å²) in [6, 6.07) is 6.00. The number of halogens is 2. The summed E-state index contributed by atoms with van der Waals surface area (Å²) >= 11 is 11.9. The molecule has 0 amide bonds. The van der Waals surface area contributed by atoms with Gasteiger partial charge in [0.15, 0.2) is 0 Å². The average molecular weight is 256 g/mol. The minimum atomic E-state index is 0.274. The van der Waals surface area contributed by atoms with Crippen LogP contribution in [0, 0.1) is 11.8 Å². The maximum atomic E-state index is 5.99. The van der Waals surface area contributed by atoms with Crippen LogP contribution in [0.4, 0.5) is 0 Å². The molecule has 1 rings (SSSR count). The molecule has 1 aromatic carbocycles. The third kappa shape index (κ3) is 3.72. The van der Waals surface area contributed by atoms with E-state index in [2.05, 4.69) is 24.1 Å². The molecule has 1 aromatic rings. The van der Waals surface area contributed by atoms with Gasteiger partial charge in [0.25, 0.3) is 0 Å². The predicted octanol–water partition coefficient (Wildman–Crippen LogP) is 4.06. The average Bonchev–Trinajstić information content (AvgIpc) is 2.29. The van der Waals surface area contributed by atoms with Crippen molar-refractivity contribution >= 4 is 23.2 Å². The lowest BCUT2D eigenvalue weighted by Crippen LogP contribution is -2.20. The van der Waals surface area contributed by atoms with Crippen molar-refractivity contribution in [2.75, 3.05) is 6.54 Å². The first kappa shape index (κ1) is 13.4. The number of hydrogen-bond donors (Lipinski definition) is 1. The zero-order chi connectivity index (χ0) is 12.0. The molecule has 0 aliphatic rings. The highest BCUT2D eigenvalue weighted by Gasteiger charge is 2.09. The second kappa shape index (κ2) is 6.81. The van der Waals surface area contributed by atoms with E-state index in [4.69, 9.17) is 23.2 Å². The highest BCUT2D eigenvalue weighted by atomic mass is 35.5. The van der Waals surface area contributed by atoms with Crippen molar-refractivity contribution in [1.29, 1.82) is 0 Å². The molecule has 1 N–H and O–H groups in total. The maximum Gasteiger partial charge on any atom is 0.0595 e. The van der Waals surface area contributed by atoms with Crippen LogP contribution in [0.1, 0.15) is 31.9 Å². The molecule has 1 atom stereocenters. The van der Waals surface area contributed by atoms with Crippen LogP contribution in [0.25, 0.3) is 0 Å². The first-order chi connectivity index (χ1) is 7.69. The van der Waals surface area contributed by atoms with Crippen LogP contribution in [0.3, 0.4) is 0 Å². The predicted molar refractivity (Wildman–Crippen MR) is 70.9 cm³/mol. The summed E-state index contributed by atoms with van der Waals surface area (Å²) in [4.78, 5) is 0. The minimum absolute atomic E-state index is 0.274. The fourth-order valence-corrected chi connectivity index (χ4v) is 1.80. The van der Waals surface area contributed by atoms with Gasteiger partial charge in [0.1, 0.15) is 0 Å². The molecule has 0 bridgehead atoms. The van der Waals surface area contributed by atoms with Gasteiger partial charge in [-0.15, -0.1) is 5.92 Å². The van der Waals surface area contributed by atoms with Crippen molar-refractivity contribution in [1.82, 2.24) is 5.32 Å². The Morgan fingerprint density at radius 2 is 2.06 bits per heavy atom. The Labute approximate surface area is 107 Å². The summed E-state index contributed by atoms with van der Waals surface area (Å²) in [6.45, 7) is 4.65. The molecule has 0 heterocycles. The second-order valence-corrected chi connectivity index (χ2v) is 4.26. The van der Waals surface area contributed by atoms with E-state index in [0.717, 1.165) is 12.0 Å². The molecule has 0 fully saturated rings. The molecule has 0 spiro atoms. The van der Waals surface area contributed by atoms with Crippen LogP contribution >= 0.6 is 23.2 Å². The molecule has 0 saturated carbocycles. The van der Waals surface area contributed by atoms with Gasteiger partial charge >= 0.3 is 0 Å². The zero-order valence-corrected chi connectivity index (χ0v) is 11.0. The van der Waals surface area contributed by atoms with Crippen molar-refractivity contribution in [2.45, 2.75) is 26.3 Å². The summed E-state index contributed by atoms with van der Waals surface area (Å²) in [5, 5.41) is 4.55. The molecule has 16 heavy (non-hydrogen) atoms. The van der Waals surface area contributed by atoms with Gasteiger partial charge in [0.05, 0.1) is 16.6 Å². The molecule has 0 aliphatic carbocycles. The fourth-order valence-electron chi connectivity index (χ4n) is 1.49. The molecule has 3 heteroatoms. The topological polar surface area (TPSA) is 12.0 Å². The van der Waals surface area contributed by atoms with Crippen LogP contribution in [0.2, 0.25) is 10.0 Å². The van der Waals surface area contributed by atoms with E-state index in [1.807, 2.05) is 25.1 Å². The van der Waals surface area contributed by atoms with E-state index in [1.165, 1.54) is 0 Å². The van der Waals surface area contributed by atoms with Crippen molar-refractivity contribution in [3.05, 3.63) is 33.8 Å². The van der Waals surface area contributed by atoms with Crippen LogP contribution < -0.4 is 5.32 Å². The van der Waals surface area contributed by atoms with Gasteiger partial charge in [-0.2, -0.15) is 0 Å². The molecule has 0 saturated heterocycles. The number of nitrogens with one attached hydrogen (secondary N) is 1. The normalized spacial score (nSPS) is 11.8. The Morgan fingerprint density at radius 1 is 1.31 bits per heavy atom. The lowest BCUT2D eigenvalue weighted by Gasteiger charge is -2.16. The second-order valence-electron chi connectivity index (χ2n) is 3.44. The number of rotatable bonds is 4. The largest absolute Gasteiger partial charge is 0.299 e. The van der Waals surface area contributed by atoms with Gasteiger partial charge in [-0.25, -0.2) is 0 Å². The Balaban J connectivity index is 2.77. The summed E-state index contributed by atoms with van der Waals surface area (Å²) in [5.41, 5.74) is 1.15. The van der Waals surface area contributed by atoms with Gasteiger partial charge in [0.2, 0.25) is 0 Å². The lowest BCUT2D eigenvalue weighted by molar-refractivity contribution is 0.555. The van der Waals surface area contributed by atoms with Gasteiger partial charge < -0.3 is 0 Å². The van der Waals surface area contributed by atoms with E-state index in [-0.39, 0.29) is 6.04 Å². The van der Waals surface area contributed by atoms with Crippen molar-refractivity contribution < 1.29 is 0 Å². The molecule has 1 unspecified atom stereocenters. The van der Waals surface area contributed by atoms with E-state index >= 15 is 0 Å². The SMILES string of the molecule is CC#CCNC(CC)c1ccc(Cl)c(Cl)c1. The minimum Gasteiger partial charge on any atom is -0.299 e. The molecule has 1 nitrogen and oxygen atoms in total. The maximum absolute atomic E-state index is 5.99. The molecular formula is C13H15Cl2N. The van der Waals surface area contributed by atoms with Crippen molar-refractivity contribution in [2.24, 2.45) is 0 Å². The quantitative estimate of drug-likeness (QED) is 0.801. The van der Waals surface area contributed by atoms with Crippen LogP contribution in [0.5, 0.6) is 0 Å². The van der Waals surface area contributed by atoms with E-state index < -0.39 is 0 Å². The highest BCUT2D eigenvalue weighted by molar-refractivity contribution is 6.42. The first-order valence-corrected chi connectivity index (χ1v) is 6.02. The first-order valence-electron chi connectivity index (χ1n) is 5.27. The monoisotopic (exact) mass is 255 g/mol. The van der Waals surface area contributed by atoms with Gasteiger partial charge in [-0.1, -0.05) is 42.1 Å². The van der Waals surface area contributed by atoms with Crippen molar-refractivity contribution in [3.8, 4) is 11.8 Å². The number of hydrogen-bond acceptors (Lipinski definition) is 1. The third-order valence-electron chi connectivity index (χ3n) is 2.37. The molecular weight excluding hydrogens is 241 g/mol. The Bertz CT molecular complexity index is 404. The van der Waals surface area contributed by atoms with Gasteiger partial charge in [-0.3, -0.25) is 5.32 Å². The molecule has 86 valence electrons. The summed E-state index contributed by atoms with van der Waals surface area (Å²) in [6.07, 6.45) is 0.989. The fraction of sp³-hybridized carbons (Fsp3) is 0.385. The standard InChI is InChI=1S/C13H15Cl2N/c1-3-5-8-16-13(4-2)10-6-7-11(14)12(15)9-10/h6-7,9,13,16H,4,8H2,1-2H3. The summed E-state index contributed by atoms with van der Waals surface area (Å²) in [5.74, 6) is 5.85. The smallest absolute Gasteiger partial charge is 0.0595 e. The lowest BCUT2D eigenvalue weighted by atomic mass is 10.0. The zero-order valence-electron chi connectivity index (χ0n) is 9.48. The third-order valence-corrected chi connectivity index (χ3v) is 3.11. The summed E-state index contributed by atoms with van der Waals surface area (Å²) in [7, 11) is 0. The van der Waals surface area contributed by atoms with Gasteiger partial charge in [0, 0.05) is 6.04 Å². The van der Waals surface area contributed by atoms with Crippen LogP contribution in [-0.4, -0.2) is 6.54 Å².